The highest BCUT2D eigenvalue weighted by Gasteiger charge is 2.31. The van der Waals surface area contributed by atoms with Crippen molar-refractivity contribution in [2.75, 3.05) is 36.4 Å². The minimum absolute atomic E-state index is 0.115. The van der Waals surface area contributed by atoms with E-state index in [0.29, 0.717) is 32.1 Å². The molecule has 1 fully saturated rings. The minimum Gasteiger partial charge on any atom is -0.354 e. The first-order valence-electron chi connectivity index (χ1n) is 11.1. The van der Waals surface area contributed by atoms with Crippen LogP contribution in [-0.2, 0) is 17.1 Å². The highest BCUT2D eigenvalue weighted by Crippen LogP contribution is 2.23. The first-order valence-corrected chi connectivity index (χ1v) is 12.6. The molecule has 1 aliphatic rings. The SMILES string of the molecule is Cc1ccc(Nc2nc(C)cc(N3CCN(S(=O)(=O)c4cn(C)c(C(C)C)n4)CC3)n2)cc1. The molecule has 0 radical (unpaired) electrons. The van der Waals surface area contributed by atoms with Crippen LogP contribution in [0.5, 0.6) is 0 Å². The number of hydrogen-bond acceptors (Lipinski definition) is 7. The molecule has 0 spiro atoms. The highest BCUT2D eigenvalue weighted by atomic mass is 32.2. The van der Waals surface area contributed by atoms with Gasteiger partial charge in [0.25, 0.3) is 10.0 Å². The average molecular weight is 470 g/mol. The summed E-state index contributed by atoms with van der Waals surface area (Å²) in [7, 11) is -1.80. The highest BCUT2D eigenvalue weighted by molar-refractivity contribution is 7.89. The normalized spacial score (nSPS) is 15.3. The summed E-state index contributed by atoms with van der Waals surface area (Å²) >= 11 is 0. The molecule has 1 aromatic carbocycles. The van der Waals surface area contributed by atoms with Crippen LogP contribution in [0.1, 0.15) is 36.8 Å². The van der Waals surface area contributed by atoms with Gasteiger partial charge < -0.3 is 14.8 Å². The van der Waals surface area contributed by atoms with E-state index in [1.54, 1.807) is 10.8 Å². The third kappa shape index (κ3) is 5.01. The Morgan fingerprint density at radius 1 is 0.970 bits per heavy atom. The Morgan fingerprint density at radius 2 is 1.64 bits per heavy atom. The van der Waals surface area contributed by atoms with Crippen molar-refractivity contribution < 1.29 is 8.42 Å². The molecule has 1 N–H and O–H groups in total. The molecule has 0 bridgehead atoms. The number of piperazine rings is 1. The molecule has 10 heteroatoms. The van der Waals surface area contributed by atoms with Crippen LogP contribution in [0.25, 0.3) is 0 Å². The van der Waals surface area contributed by atoms with Crippen LogP contribution in [0.15, 0.2) is 41.6 Å². The number of rotatable bonds is 6. The van der Waals surface area contributed by atoms with Crippen molar-refractivity contribution in [3.63, 3.8) is 0 Å². The summed E-state index contributed by atoms with van der Waals surface area (Å²) in [6, 6.07) is 9.98. The van der Waals surface area contributed by atoms with Gasteiger partial charge in [0.1, 0.15) is 11.6 Å². The summed E-state index contributed by atoms with van der Waals surface area (Å²) in [5.41, 5.74) is 2.95. The van der Waals surface area contributed by atoms with E-state index in [-0.39, 0.29) is 10.9 Å². The van der Waals surface area contributed by atoms with Crippen molar-refractivity contribution in [3.8, 4) is 0 Å². The predicted octanol–water partition coefficient (Wildman–Crippen LogP) is 3.20. The van der Waals surface area contributed by atoms with E-state index >= 15 is 0 Å². The number of aromatic nitrogens is 4. The molecule has 4 rings (SSSR count). The van der Waals surface area contributed by atoms with E-state index in [1.807, 2.05) is 65.1 Å². The Bertz CT molecular complexity index is 1230. The van der Waals surface area contributed by atoms with Crippen molar-refractivity contribution in [1.29, 1.82) is 0 Å². The van der Waals surface area contributed by atoms with Gasteiger partial charge in [-0.1, -0.05) is 31.5 Å². The van der Waals surface area contributed by atoms with Gasteiger partial charge in [-0.05, 0) is 26.0 Å². The molecule has 176 valence electrons. The number of nitrogens with one attached hydrogen (secondary N) is 1. The molecular formula is C23H31N7O2S. The van der Waals surface area contributed by atoms with Gasteiger partial charge in [0, 0.05) is 62.8 Å². The topological polar surface area (TPSA) is 96.2 Å². The van der Waals surface area contributed by atoms with E-state index in [2.05, 4.69) is 25.2 Å². The first kappa shape index (κ1) is 23.2. The smallest absolute Gasteiger partial charge is 0.262 e. The predicted molar refractivity (Wildman–Crippen MR) is 129 cm³/mol. The third-order valence-electron chi connectivity index (χ3n) is 5.72. The first-order chi connectivity index (χ1) is 15.6. The summed E-state index contributed by atoms with van der Waals surface area (Å²) in [4.78, 5) is 15.7. The maximum Gasteiger partial charge on any atom is 0.262 e. The number of sulfonamides is 1. The summed E-state index contributed by atoms with van der Waals surface area (Å²) in [5.74, 6) is 2.23. The standard InChI is InChI=1S/C23H31N7O2S/c1-16(2)22-27-21(15-28(22)5)33(31,32)30-12-10-29(11-13-30)20-14-18(4)24-23(26-20)25-19-8-6-17(3)7-9-19/h6-9,14-16H,10-13H2,1-5H3,(H,24,25,26). The van der Waals surface area contributed by atoms with Crippen LogP contribution in [0, 0.1) is 13.8 Å². The molecule has 0 aliphatic carbocycles. The van der Waals surface area contributed by atoms with E-state index in [9.17, 15) is 8.42 Å². The van der Waals surface area contributed by atoms with Crippen LogP contribution in [0.4, 0.5) is 17.5 Å². The van der Waals surface area contributed by atoms with Gasteiger partial charge >= 0.3 is 0 Å². The Hall–Kier alpha value is -2.98. The van der Waals surface area contributed by atoms with Gasteiger partial charge in [-0.3, -0.25) is 0 Å². The zero-order chi connectivity index (χ0) is 23.8. The molecule has 1 aliphatic heterocycles. The maximum absolute atomic E-state index is 13.1. The van der Waals surface area contributed by atoms with E-state index < -0.39 is 10.0 Å². The summed E-state index contributed by atoms with van der Waals surface area (Å²) in [5, 5.41) is 3.37. The Kier molecular flexibility index (Phi) is 6.40. The number of anilines is 3. The van der Waals surface area contributed by atoms with Crippen LogP contribution in [0.2, 0.25) is 0 Å². The van der Waals surface area contributed by atoms with Crippen LogP contribution < -0.4 is 10.2 Å². The quantitative estimate of drug-likeness (QED) is 0.592. The lowest BCUT2D eigenvalue weighted by Gasteiger charge is -2.34. The molecule has 0 atom stereocenters. The summed E-state index contributed by atoms with van der Waals surface area (Å²) in [6.07, 6.45) is 1.61. The second-order valence-electron chi connectivity index (χ2n) is 8.78. The maximum atomic E-state index is 13.1. The van der Waals surface area contributed by atoms with E-state index in [4.69, 9.17) is 0 Å². The molecule has 33 heavy (non-hydrogen) atoms. The average Bonchev–Trinajstić information content (AvgIpc) is 3.18. The Balaban J connectivity index is 1.47. The van der Waals surface area contributed by atoms with E-state index in [0.717, 1.165) is 23.0 Å². The van der Waals surface area contributed by atoms with Crippen molar-refractivity contribution >= 4 is 27.5 Å². The lowest BCUT2D eigenvalue weighted by molar-refractivity contribution is 0.382. The van der Waals surface area contributed by atoms with Crippen molar-refractivity contribution in [2.24, 2.45) is 7.05 Å². The second kappa shape index (κ2) is 9.11. The van der Waals surface area contributed by atoms with Crippen LogP contribution in [-0.4, -0.2) is 58.4 Å². The molecule has 0 amide bonds. The lowest BCUT2D eigenvalue weighted by atomic mass is 10.2. The molecule has 0 saturated carbocycles. The van der Waals surface area contributed by atoms with Crippen molar-refractivity contribution in [2.45, 2.75) is 38.6 Å². The van der Waals surface area contributed by atoms with Gasteiger partial charge in [-0.2, -0.15) is 9.29 Å². The number of nitrogens with zero attached hydrogens (tertiary/aromatic N) is 6. The van der Waals surface area contributed by atoms with Gasteiger partial charge in [0.15, 0.2) is 5.03 Å². The fraction of sp³-hybridized carbons (Fsp3) is 0.435. The number of hydrogen-bond donors (Lipinski definition) is 1. The largest absolute Gasteiger partial charge is 0.354 e. The van der Waals surface area contributed by atoms with Crippen molar-refractivity contribution in [3.05, 3.63) is 53.6 Å². The second-order valence-corrected chi connectivity index (χ2v) is 10.7. The van der Waals surface area contributed by atoms with Gasteiger partial charge in [0.05, 0.1) is 0 Å². The summed E-state index contributed by atoms with van der Waals surface area (Å²) in [6.45, 7) is 9.82. The summed E-state index contributed by atoms with van der Waals surface area (Å²) < 4.78 is 29.6. The van der Waals surface area contributed by atoms with E-state index in [1.165, 1.54) is 9.87 Å². The van der Waals surface area contributed by atoms with Gasteiger partial charge in [-0.25, -0.2) is 18.4 Å². The lowest BCUT2D eigenvalue weighted by Crippen LogP contribution is -2.49. The van der Waals surface area contributed by atoms with Gasteiger partial charge in [0.2, 0.25) is 5.95 Å². The minimum atomic E-state index is -3.63. The van der Waals surface area contributed by atoms with Crippen LogP contribution in [0.3, 0.4) is 0 Å². The molecule has 3 heterocycles. The Morgan fingerprint density at radius 3 is 2.24 bits per heavy atom. The fourth-order valence-electron chi connectivity index (χ4n) is 3.94. The molecular weight excluding hydrogens is 438 g/mol. The molecule has 0 unspecified atom stereocenters. The van der Waals surface area contributed by atoms with Crippen molar-refractivity contribution in [1.82, 2.24) is 23.8 Å². The zero-order valence-electron chi connectivity index (χ0n) is 19.8. The molecule has 2 aromatic heterocycles. The molecule has 3 aromatic rings. The molecule has 1 saturated heterocycles. The van der Waals surface area contributed by atoms with Gasteiger partial charge in [-0.15, -0.1) is 0 Å². The van der Waals surface area contributed by atoms with Crippen LogP contribution >= 0.6 is 0 Å². The number of aryl methyl sites for hydroxylation is 3. The number of benzene rings is 1. The third-order valence-corrected chi connectivity index (χ3v) is 7.49. The molecule has 9 nitrogen and oxygen atoms in total. The Labute approximate surface area is 195 Å². The zero-order valence-corrected chi connectivity index (χ0v) is 20.6. The fourth-order valence-corrected chi connectivity index (χ4v) is 5.35. The number of imidazole rings is 1. The monoisotopic (exact) mass is 469 g/mol.